The number of ether oxygens (including phenoxy) is 2. The third kappa shape index (κ3) is 6.49. The first-order valence-electron chi connectivity index (χ1n) is 13.3. The quantitative estimate of drug-likeness (QED) is 0.328. The lowest BCUT2D eigenvalue weighted by Gasteiger charge is -2.37. The molecule has 0 saturated carbocycles. The van der Waals surface area contributed by atoms with Crippen LogP contribution in [0.15, 0.2) is 66.7 Å². The van der Waals surface area contributed by atoms with E-state index in [1.807, 2.05) is 45.0 Å². The standard InChI is InChI=1S/C31H34IN3O4/c1-31(2,3)39-30(37)35-14-12-34(13-15-35)23-17-21(16-22(32)18-23)19-33-29(36)38-20-28-26-10-6-4-8-24(26)25-9-5-7-11-27(25)28/h4-11,16-18,28H,12-15,19-20H2,1-3H3,(H,33,36). The number of fused-ring (bicyclic) bond motifs is 3. The zero-order valence-electron chi connectivity index (χ0n) is 22.6. The van der Waals surface area contributed by atoms with E-state index in [0.717, 1.165) is 27.9 Å². The van der Waals surface area contributed by atoms with Gasteiger partial charge in [-0.05, 0) is 89.4 Å². The SMILES string of the molecule is CC(C)(C)OC(=O)N1CCN(c2cc(I)cc(CNC(=O)OCC3c4ccccc4-c4ccccc43)c2)CC1. The summed E-state index contributed by atoms with van der Waals surface area (Å²) < 4.78 is 12.3. The summed E-state index contributed by atoms with van der Waals surface area (Å²) in [5, 5.41) is 2.92. The van der Waals surface area contributed by atoms with Gasteiger partial charge < -0.3 is 24.6 Å². The normalized spacial score (nSPS) is 15.0. The fraction of sp³-hybridized carbons (Fsp3) is 0.355. The third-order valence-electron chi connectivity index (χ3n) is 7.02. The summed E-state index contributed by atoms with van der Waals surface area (Å²) in [4.78, 5) is 29.1. The van der Waals surface area contributed by atoms with E-state index < -0.39 is 11.7 Å². The Hall–Kier alpha value is -3.27. The summed E-state index contributed by atoms with van der Waals surface area (Å²) >= 11 is 2.30. The van der Waals surface area contributed by atoms with E-state index in [1.165, 1.54) is 22.3 Å². The van der Waals surface area contributed by atoms with Crippen molar-refractivity contribution in [1.82, 2.24) is 10.2 Å². The molecule has 7 nitrogen and oxygen atoms in total. The Morgan fingerprint density at radius 2 is 1.54 bits per heavy atom. The molecule has 2 amide bonds. The van der Waals surface area contributed by atoms with Gasteiger partial charge in [0.25, 0.3) is 0 Å². The molecule has 204 valence electrons. The molecule has 3 aromatic carbocycles. The van der Waals surface area contributed by atoms with Gasteiger partial charge in [-0.2, -0.15) is 0 Å². The average molecular weight is 640 g/mol. The first-order chi connectivity index (χ1) is 18.7. The molecule has 39 heavy (non-hydrogen) atoms. The monoisotopic (exact) mass is 639 g/mol. The lowest BCUT2D eigenvalue weighted by Crippen LogP contribution is -2.50. The lowest BCUT2D eigenvalue weighted by atomic mass is 9.98. The van der Waals surface area contributed by atoms with E-state index in [2.05, 4.69) is 75.3 Å². The van der Waals surface area contributed by atoms with E-state index in [9.17, 15) is 9.59 Å². The Labute approximate surface area is 243 Å². The molecule has 5 rings (SSSR count). The molecule has 1 N–H and O–H groups in total. The number of alkyl carbamates (subject to hydrolysis) is 1. The van der Waals surface area contributed by atoms with Gasteiger partial charge >= 0.3 is 12.2 Å². The Kier molecular flexibility index (Phi) is 8.02. The fourth-order valence-corrected chi connectivity index (χ4v) is 5.93. The van der Waals surface area contributed by atoms with E-state index >= 15 is 0 Å². The van der Waals surface area contributed by atoms with Crippen LogP contribution in [0.1, 0.15) is 43.4 Å². The molecule has 0 unspecified atom stereocenters. The van der Waals surface area contributed by atoms with Crippen LogP contribution in [-0.4, -0.2) is 55.5 Å². The first kappa shape index (κ1) is 27.3. The maximum absolute atomic E-state index is 12.7. The number of anilines is 1. The van der Waals surface area contributed by atoms with Crippen molar-refractivity contribution in [3.05, 3.63) is 87.0 Å². The summed E-state index contributed by atoms with van der Waals surface area (Å²) in [5.74, 6) is 0.0340. The van der Waals surface area contributed by atoms with Crippen molar-refractivity contribution in [2.75, 3.05) is 37.7 Å². The Morgan fingerprint density at radius 3 is 2.15 bits per heavy atom. The predicted molar refractivity (Wildman–Crippen MR) is 161 cm³/mol. The molecule has 0 aromatic heterocycles. The van der Waals surface area contributed by atoms with Gasteiger partial charge in [-0.25, -0.2) is 9.59 Å². The van der Waals surface area contributed by atoms with Crippen molar-refractivity contribution in [1.29, 1.82) is 0 Å². The van der Waals surface area contributed by atoms with Gasteiger partial charge in [0.2, 0.25) is 0 Å². The van der Waals surface area contributed by atoms with Gasteiger partial charge in [-0.3, -0.25) is 0 Å². The highest BCUT2D eigenvalue weighted by atomic mass is 127. The van der Waals surface area contributed by atoms with Gasteiger partial charge in [0.15, 0.2) is 0 Å². The highest BCUT2D eigenvalue weighted by molar-refractivity contribution is 14.1. The largest absolute Gasteiger partial charge is 0.449 e. The number of amides is 2. The van der Waals surface area contributed by atoms with Crippen LogP contribution in [0.2, 0.25) is 0 Å². The number of halogens is 1. The van der Waals surface area contributed by atoms with E-state index in [1.54, 1.807) is 4.90 Å². The molecule has 0 spiro atoms. The Balaban J connectivity index is 1.15. The Bertz CT molecular complexity index is 1320. The van der Waals surface area contributed by atoms with Gasteiger partial charge in [0, 0.05) is 47.9 Å². The van der Waals surface area contributed by atoms with Crippen LogP contribution in [0.3, 0.4) is 0 Å². The summed E-state index contributed by atoms with van der Waals surface area (Å²) in [6.45, 7) is 8.96. The van der Waals surface area contributed by atoms with Crippen LogP contribution in [0, 0.1) is 3.57 Å². The number of benzene rings is 3. The minimum atomic E-state index is -0.501. The number of piperazine rings is 1. The van der Waals surface area contributed by atoms with Crippen molar-refractivity contribution in [2.24, 2.45) is 0 Å². The van der Waals surface area contributed by atoms with Gasteiger partial charge in [0.05, 0.1) is 0 Å². The first-order valence-corrected chi connectivity index (χ1v) is 14.4. The molecule has 1 aliphatic heterocycles. The molecule has 1 fully saturated rings. The molecule has 1 aliphatic carbocycles. The van der Waals surface area contributed by atoms with Crippen molar-refractivity contribution >= 4 is 40.5 Å². The van der Waals surface area contributed by atoms with Crippen LogP contribution in [0.4, 0.5) is 15.3 Å². The number of hydrogen-bond acceptors (Lipinski definition) is 5. The molecular formula is C31H34IN3O4. The van der Waals surface area contributed by atoms with Gasteiger partial charge in [-0.15, -0.1) is 0 Å². The number of rotatable bonds is 5. The lowest BCUT2D eigenvalue weighted by molar-refractivity contribution is 0.0240. The number of carbonyl (C=O) groups excluding carboxylic acids is 2. The minimum absolute atomic E-state index is 0.0340. The molecule has 3 aromatic rings. The summed E-state index contributed by atoms with van der Waals surface area (Å²) in [5.41, 5.74) is 6.38. The molecule has 8 heteroatoms. The third-order valence-corrected chi connectivity index (χ3v) is 7.64. The number of nitrogens with zero attached hydrogens (tertiary/aromatic N) is 2. The van der Waals surface area contributed by atoms with E-state index in [0.29, 0.717) is 26.2 Å². The number of nitrogens with one attached hydrogen (secondary N) is 1. The van der Waals surface area contributed by atoms with Crippen LogP contribution in [0.25, 0.3) is 11.1 Å². The summed E-state index contributed by atoms with van der Waals surface area (Å²) in [6.07, 6.45) is -0.693. The zero-order chi connectivity index (χ0) is 27.6. The van der Waals surface area contributed by atoms with E-state index in [4.69, 9.17) is 9.47 Å². The maximum Gasteiger partial charge on any atom is 0.410 e. The van der Waals surface area contributed by atoms with E-state index in [-0.39, 0.29) is 12.0 Å². The van der Waals surface area contributed by atoms with Crippen LogP contribution in [-0.2, 0) is 16.0 Å². The fourth-order valence-electron chi connectivity index (χ4n) is 5.22. The van der Waals surface area contributed by atoms with Gasteiger partial charge in [0.1, 0.15) is 12.2 Å². The minimum Gasteiger partial charge on any atom is -0.449 e. The zero-order valence-corrected chi connectivity index (χ0v) is 24.7. The molecule has 2 aliphatic rings. The van der Waals surface area contributed by atoms with Crippen molar-refractivity contribution in [3.63, 3.8) is 0 Å². The second-order valence-electron chi connectivity index (χ2n) is 11.0. The van der Waals surface area contributed by atoms with Crippen molar-refractivity contribution in [2.45, 2.75) is 38.8 Å². The number of carbonyl (C=O) groups is 2. The highest BCUT2D eigenvalue weighted by Gasteiger charge is 2.29. The van der Waals surface area contributed by atoms with Crippen LogP contribution < -0.4 is 10.2 Å². The number of hydrogen-bond donors (Lipinski definition) is 1. The molecule has 0 radical (unpaired) electrons. The summed E-state index contributed by atoms with van der Waals surface area (Å²) in [6, 6.07) is 22.9. The van der Waals surface area contributed by atoms with Crippen LogP contribution in [0.5, 0.6) is 0 Å². The molecule has 1 saturated heterocycles. The van der Waals surface area contributed by atoms with Crippen molar-refractivity contribution in [3.8, 4) is 11.1 Å². The second kappa shape index (κ2) is 11.5. The van der Waals surface area contributed by atoms with Gasteiger partial charge in [-0.1, -0.05) is 48.5 Å². The topological polar surface area (TPSA) is 71.1 Å². The summed E-state index contributed by atoms with van der Waals surface area (Å²) in [7, 11) is 0. The maximum atomic E-state index is 12.7. The van der Waals surface area contributed by atoms with Crippen molar-refractivity contribution < 1.29 is 19.1 Å². The molecule has 0 bridgehead atoms. The molecular weight excluding hydrogens is 605 g/mol. The molecule has 0 atom stereocenters. The average Bonchev–Trinajstić information content (AvgIpc) is 3.23. The highest BCUT2D eigenvalue weighted by Crippen LogP contribution is 2.44. The molecule has 1 heterocycles. The second-order valence-corrected chi connectivity index (χ2v) is 12.2. The van der Waals surface area contributed by atoms with Crippen LogP contribution >= 0.6 is 22.6 Å². The predicted octanol–water partition coefficient (Wildman–Crippen LogP) is 6.39. The smallest absolute Gasteiger partial charge is 0.410 e. The Morgan fingerprint density at radius 1 is 0.923 bits per heavy atom.